The van der Waals surface area contributed by atoms with E-state index >= 15 is 0 Å². The molecule has 0 aliphatic carbocycles. The van der Waals surface area contributed by atoms with E-state index < -0.39 is 0 Å². The minimum Gasteiger partial charge on any atom is -0.455 e. The molecule has 52 heavy (non-hydrogen) atoms. The molecule has 246 valence electrons. The van der Waals surface area contributed by atoms with Crippen molar-refractivity contribution >= 4 is 120 Å². The summed E-state index contributed by atoms with van der Waals surface area (Å²) in [7, 11) is 0. The van der Waals surface area contributed by atoms with Gasteiger partial charge in [-0.2, -0.15) is 0 Å². The molecular formula is C48H32N2O2. The summed E-state index contributed by atoms with van der Waals surface area (Å²) in [6.45, 7) is 9.48. The van der Waals surface area contributed by atoms with Crippen LogP contribution < -0.4 is 0 Å². The van der Waals surface area contributed by atoms with Gasteiger partial charge in [0.1, 0.15) is 22.3 Å². The molecule has 0 aliphatic rings. The van der Waals surface area contributed by atoms with Gasteiger partial charge in [0.2, 0.25) is 0 Å². The minimum atomic E-state index is 0.214. The summed E-state index contributed by atoms with van der Waals surface area (Å²) in [5, 5.41) is 14.9. The van der Waals surface area contributed by atoms with Gasteiger partial charge in [-0.1, -0.05) is 100 Å². The van der Waals surface area contributed by atoms with Crippen LogP contribution in [-0.4, -0.2) is 8.80 Å². The second-order valence-electron chi connectivity index (χ2n) is 15.5. The quantitative estimate of drug-likeness (QED) is 0.184. The van der Waals surface area contributed by atoms with Crippen LogP contribution in [-0.2, 0) is 0 Å². The zero-order valence-electron chi connectivity index (χ0n) is 29.3. The third-order valence-corrected chi connectivity index (χ3v) is 12.2. The number of hydrogen-bond donors (Lipinski definition) is 0. The standard InChI is InChI=1S/C48H32N2O2/c1-23(2)37-39-41-43-29(21-31-27-15-7-11-19-35(27)51-47(31)41)26-14-6-10-18-34(26)50(43)46(39)38(24(3)4)40-42-44-30(25-13-5-9-17-33(25)49(44)45(37)40)22-32-28-16-8-12-20-36(28)52-48(32)42/h5-24H,1-4H3. The number of fused-ring (bicyclic) bond motifs is 20. The molecule has 0 saturated carbocycles. The zero-order chi connectivity index (χ0) is 34.3. The second-order valence-corrected chi connectivity index (χ2v) is 15.5. The first-order valence-corrected chi connectivity index (χ1v) is 18.5. The summed E-state index contributed by atoms with van der Waals surface area (Å²) in [5.41, 5.74) is 14.1. The molecule has 0 radical (unpaired) electrons. The highest BCUT2D eigenvalue weighted by atomic mass is 16.3. The van der Waals surface area contributed by atoms with Crippen LogP contribution in [0.25, 0.3) is 120 Å². The van der Waals surface area contributed by atoms with E-state index in [0.717, 1.165) is 33.1 Å². The number of furan rings is 2. The molecule has 0 bridgehead atoms. The number of rotatable bonds is 2. The lowest BCUT2D eigenvalue weighted by atomic mass is 9.86. The summed E-state index contributed by atoms with van der Waals surface area (Å²) in [6.07, 6.45) is 0. The molecule has 7 aromatic carbocycles. The van der Waals surface area contributed by atoms with Gasteiger partial charge in [0.15, 0.2) is 0 Å². The lowest BCUT2D eigenvalue weighted by Crippen LogP contribution is -2.00. The molecule has 0 N–H and O–H groups in total. The number of benzene rings is 7. The van der Waals surface area contributed by atoms with Crippen LogP contribution in [0.15, 0.2) is 118 Å². The van der Waals surface area contributed by atoms with E-state index in [1.807, 2.05) is 0 Å². The van der Waals surface area contributed by atoms with Crippen molar-refractivity contribution in [2.45, 2.75) is 39.5 Å². The van der Waals surface area contributed by atoms with Crippen molar-refractivity contribution in [1.29, 1.82) is 0 Å². The SMILES string of the molecule is CC(C)c1c2c3c4oc5ccccc5c4cc4c5ccccc5n(c2c(C(C)C)c2c5c6oc7ccccc7c6cc6c7ccccc7n(c12)c65)c43. The largest absolute Gasteiger partial charge is 0.455 e. The van der Waals surface area contributed by atoms with Crippen LogP contribution in [0, 0.1) is 0 Å². The summed E-state index contributed by atoms with van der Waals surface area (Å²) in [4.78, 5) is 0. The van der Waals surface area contributed by atoms with Crippen molar-refractivity contribution in [1.82, 2.24) is 8.80 Å². The van der Waals surface area contributed by atoms with E-state index in [9.17, 15) is 0 Å². The number of nitrogens with zero attached hydrogens (tertiary/aromatic N) is 2. The van der Waals surface area contributed by atoms with Crippen LogP contribution in [0.4, 0.5) is 0 Å². The van der Waals surface area contributed by atoms with Crippen molar-refractivity contribution in [3.8, 4) is 0 Å². The molecule has 4 nitrogen and oxygen atoms in total. The Morgan fingerprint density at radius 3 is 1.19 bits per heavy atom. The van der Waals surface area contributed by atoms with Crippen LogP contribution >= 0.6 is 0 Å². The Morgan fingerprint density at radius 1 is 0.385 bits per heavy atom. The van der Waals surface area contributed by atoms with Gasteiger partial charge >= 0.3 is 0 Å². The first-order chi connectivity index (χ1) is 25.5. The van der Waals surface area contributed by atoms with Gasteiger partial charge in [0, 0.05) is 53.9 Å². The van der Waals surface area contributed by atoms with Crippen molar-refractivity contribution in [3.63, 3.8) is 0 Å². The summed E-state index contributed by atoms with van der Waals surface area (Å²) in [6, 6.07) is 39.7. The van der Waals surface area contributed by atoms with Gasteiger partial charge in [0.25, 0.3) is 0 Å². The molecule has 6 aromatic heterocycles. The predicted octanol–water partition coefficient (Wildman–Crippen LogP) is 14.0. The molecule has 6 heterocycles. The molecule has 0 amide bonds. The maximum absolute atomic E-state index is 6.95. The van der Waals surface area contributed by atoms with Crippen LogP contribution in [0.2, 0.25) is 0 Å². The monoisotopic (exact) mass is 668 g/mol. The first kappa shape index (κ1) is 27.5. The predicted molar refractivity (Wildman–Crippen MR) is 218 cm³/mol. The fraction of sp³-hybridized carbons (Fsp3) is 0.125. The van der Waals surface area contributed by atoms with Crippen LogP contribution in [0.1, 0.15) is 50.7 Å². The minimum absolute atomic E-state index is 0.214. The smallest absolute Gasteiger partial charge is 0.145 e. The van der Waals surface area contributed by atoms with E-state index in [0.29, 0.717) is 0 Å². The Kier molecular flexibility index (Phi) is 4.73. The van der Waals surface area contributed by atoms with Gasteiger partial charge in [-0.15, -0.1) is 0 Å². The highest BCUT2D eigenvalue weighted by Gasteiger charge is 2.34. The molecule has 4 heteroatoms. The summed E-state index contributed by atoms with van der Waals surface area (Å²) < 4.78 is 19.1. The summed E-state index contributed by atoms with van der Waals surface area (Å²) >= 11 is 0. The zero-order valence-corrected chi connectivity index (χ0v) is 29.3. The van der Waals surface area contributed by atoms with Gasteiger partial charge < -0.3 is 17.6 Å². The Bertz CT molecular complexity index is 3450. The average molecular weight is 669 g/mol. The lowest BCUT2D eigenvalue weighted by Gasteiger charge is -2.19. The highest BCUT2D eigenvalue weighted by molar-refractivity contribution is 6.39. The molecule has 0 fully saturated rings. The van der Waals surface area contributed by atoms with E-state index in [-0.39, 0.29) is 11.8 Å². The van der Waals surface area contributed by atoms with Crippen LogP contribution in [0.3, 0.4) is 0 Å². The lowest BCUT2D eigenvalue weighted by molar-refractivity contribution is 0.672. The molecule has 0 saturated heterocycles. The third kappa shape index (κ3) is 2.91. The van der Waals surface area contributed by atoms with Crippen molar-refractivity contribution in [3.05, 3.63) is 120 Å². The normalized spacial score (nSPS) is 13.3. The van der Waals surface area contributed by atoms with E-state index in [1.54, 1.807) is 0 Å². The summed E-state index contributed by atoms with van der Waals surface area (Å²) in [5.74, 6) is 0.428. The topological polar surface area (TPSA) is 35.1 Å². The Balaban J connectivity index is 1.45. The molecular weight excluding hydrogens is 637 g/mol. The van der Waals surface area contributed by atoms with Gasteiger partial charge in [-0.05, 0) is 59.4 Å². The third-order valence-electron chi connectivity index (χ3n) is 12.2. The Hall–Kier alpha value is -6.26. The molecule has 0 atom stereocenters. The van der Waals surface area contributed by atoms with E-state index in [1.165, 1.54) is 98.1 Å². The van der Waals surface area contributed by atoms with E-state index in [4.69, 9.17) is 8.83 Å². The first-order valence-electron chi connectivity index (χ1n) is 18.5. The molecule has 13 rings (SSSR count). The van der Waals surface area contributed by atoms with Gasteiger partial charge in [-0.25, -0.2) is 0 Å². The van der Waals surface area contributed by atoms with Crippen molar-refractivity contribution in [2.75, 3.05) is 0 Å². The van der Waals surface area contributed by atoms with E-state index in [2.05, 4.69) is 146 Å². The van der Waals surface area contributed by atoms with Gasteiger partial charge in [-0.3, -0.25) is 0 Å². The fourth-order valence-corrected chi connectivity index (χ4v) is 10.4. The molecule has 0 unspecified atom stereocenters. The number of para-hydroxylation sites is 4. The van der Waals surface area contributed by atoms with Crippen LogP contribution in [0.5, 0.6) is 0 Å². The van der Waals surface area contributed by atoms with Crippen molar-refractivity contribution < 1.29 is 8.83 Å². The van der Waals surface area contributed by atoms with Crippen molar-refractivity contribution in [2.24, 2.45) is 0 Å². The fourth-order valence-electron chi connectivity index (χ4n) is 10.4. The van der Waals surface area contributed by atoms with Gasteiger partial charge in [0.05, 0.1) is 43.9 Å². The molecule has 0 spiro atoms. The second kappa shape index (κ2) is 8.96. The maximum Gasteiger partial charge on any atom is 0.145 e. The average Bonchev–Trinajstić information content (AvgIpc) is 3.99. The number of aromatic nitrogens is 2. The highest BCUT2D eigenvalue weighted by Crippen LogP contribution is 2.55. The molecule has 0 aliphatic heterocycles. The number of hydrogen-bond acceptors (Lipinski definition) is 2. The Labute approximate surface area is 296 Å². The maximum atomic E-state index is 6.95. The Morgan fingerprint density at radius 2 is 0.769 bits per heavy atom. The molecule has 13 aromatic rings.